The van der Waals surface area contributed by atoms with Crippen molar-refractivity contribution in [2.75, 3.05) is 0 Å². The third kappa shape index (κ3) is 6.01. The van der Waals surface area contributed by atoms with Gasteiger partial charge in [-0.2, -0.15) is 8.42 Å². The molecule has 0 unspecified atom stereocenters. The normalized spacial score (nSPS) is 11.2. The van der Waals surface area contributed by atoms with Crippen LogP contribution in [0.15, 0.2) is 35.7 Å². The van der Waals surface area contributed by atoms with Gasteiger partial charge < -0.3 is 0 Å². The molecule has 0 amide bonds. The molecule has 0 saturated heterocycles. The molecule has 0 heterocycles. The van der Waals surface area contributed by atoms with Gasteiger partial charge in [0, 0.05) is 0 Å². The van der Waals surface area contributed by atoms with Crippen LogP contribution in [-0.4, -0.2) is 13.0 Å². The largest absolute Gasteiger partial charge is 1.00 e. The maximum absolute atomic E-state index is 10.3. The maximum Gasteiger partial charge on any atom is 1.00 e. The molecule has 0 spiro atoms. The summed E-state index contributed by atoms with van der Waals surface area (Å²) in [5.74, 6) is 0. The van der Waals surface area contributed by atoms with Gasteiger partial charge in [0.15, 0.2) is 0 Å². The van der Waals surface area contributed by atoms with E-state index in [9.17, 15) is 8.42 Å². The zero-order valence-electron chi connectivity index (χ0n) is 7.21. The van der Waals surface area contributed by atoms with E-state index in [1.165, 1.54) is 6.08 Å². The minimum absolute atomic E-state index is 0. The Balaban J connectivity index is 0.00000144. The summed E-state index contributed by atoms with van der Waals surface area (Å²) in [4.78, 5) is 0. The van der Waals surface area contributed by atoms with Crippen molar-refractivity contribution in [1.29, 1.82) is 0 Å². The standard InChI is InChI=1S/C8H8O3S.Na/c9-12(10,11)7-6-8-4-2-1-3-5-8;/h1-7H,(H,9,10,11);/q;+1/b7-6+;. The van der Waals surface area contributed by atoms with Gasteiger partial charge in [0.05, 0.1) is 5.41 Å². The number of benzene rings is 1. The van der Waals surface area contributed by atoms with Gasteiger partial charge in [-0.05, 0) is 11.6 Å². The minimum atomic E-state index is -4.00. The summed E-state index contributed by atoms with van der Waals surface area (Å²) in [6.07, 6.45) is 1.33. The summed E-state index contributed by atoms with van der Waals surface area (Å²) in [7, 11) is -4.00. The van der Waals surface area contributed by atoms with Gasteiger partial charge in [0.25, 0.3) is 10.1 Å². The van der Waals surface area contributed by atoms with E-state index in [1.54, 1.807) is 24.3 Å². The first-order chi connectivity index (χ1) is 5.58. The second-order valence-corrected chi connectivity index (χ2v) is 3.53. The molecule has 0 aliphatic rings. The van der Waals surface area contributed by atoms with E-state index >= 15 is 0 Å². The molecule has 0 radical (unpaired) electrons. The van der Waals surface area contributed by atoms with Crippen molar-refractivity contribution in [3.8, 4) is 0 Å². The van der Waals surface area contributed by atoms with Crippen molar-refractivity contribution < 1.29 is 42.5 Å². The molecule has 64 valence electrons. The van der Waals surface area contributed by atoms with Crippen LogP contribution >= 0.6 is 0 Å². The van der Waals surface area contributed by atoms with E-state index in [1.807, 2.05) is 6.07 Å². The Hall–Kier alpha value is -0.130. The molecule has 0 saturated carbocycles. The maximum atomic E-state index is 10.3. The van der Waals surface area contributed by atoms with E-state index in [4.69, 9.17) is 4.55 Å². The van der Waals surface area contributed by atoms with Gasteiger partial charge in [-0.15, -0.1) is 0 Å². The van der Waals surface area contributed by atoms with Crippen molar-refractivity contribution in [2.45, 2.75) is 0 Å². The molecule has 1 aromatic carbocycles. The second-order valence-electron chi connectivity index (χ2n) is 2.23. The first-order valence-corrected chi connectivity index (χ1v) is 4.79. The molecule has 0 aromatic heterocycles. The van der Waals surface area contributed by atoms with Crippen molar-refractivity contribution in [3.05, 3.63) is 41.3 Å². The predicted octanol–water partition coefficient (Wildman–Crippen LogP) is -1.45. The smallest absolute Gasteiger partial charge is 0.282 e. The zero-order valence-corrected chi connectivity index (χ0v) is 10.0. The third-order valence-electron chi connectivity index (χ3n) is 1.23. The minimum Gasteiger partial charge on any atom is -0.282 e. The van der Waals surface area contributed by atoms with Crippen LogP contribution in [0.2, 0.25) is 0 Å². The van der Waals surface area contributed by atoms with Gasteiger partial charge in [0.2, 0.25) is 0 Å². The molecule has 0 atom stereocenters. The Morgan fingerprint density at radius 1 is 1.15 bits per heavy atom. The molecular formula is C8H8NaO3S+. The summed E-state index contributed by atoms with van der Waals surface area (Å²) in [5.41, 5.74) is 0.732. The van der Waals surface area contributed by atoms with E-state index in [-0.39, 0.29) is 29.6 Å². The van der Waals surface area contributed by atoms with Crippen LogP contribution in [0.5, 0.6) is 0 Å². The van der Waals surface area contributed by atoms with Crippen LogP contribution in [-0.2, 0) is 10.1 Å². The average molecular weight is 207 g/mol. The van der Waals surface area contributed by atoms with Crippen LogP contribution in [0.3, 0.4) is 0 Å². The summed E-state index contributed by atoms with van der Waals surface area (Å²) in [5, 5.41) is 0.752. The van der Waals surface area contributed by atoms with Gasteiger partial charge in [-0.25, -0.2) is 0 Å². The topological polar surface area (TPSA) is 54.4 Å². The van der Waals surface area contributed by atoms with Crippen LogP contribution in [0.4, 0.5) is 0 Å². The first-order valence-electron chi connectivity index (χ1n) is 3.28. The molecule has 1 aromatic rings. The monoisotopic (exact) mass is 207 g/mol. The fourth-order valence-electron chi connectivity index (χ4n) is 0.729. The van der Waals surface area contributed by atoms with Crippen molar-refractivity contribution in [3.63, 3.8) is 0 Å². The number of rotatable bonds is 2. The quantitative estimate of drug-likeness (QED) is 0.477. The first kappa shape index (κ1) is 12.9. The van der Waals surface area contributed by atoms with Crippen LogP contribution in [0.25, 0.3) is 6.08 Å². The van der Waals surface area contributed by atoms with Crippen molar-refractivity contribution >= 4 is 16.2 Å². The van der Waals surface area contributed by atoms with Crippen LogP contribution in [0.1, 0.15) is 5.56 Å². The van der Waals surface area contributed by atoms with E-state index in [0.717, 1.165) is 11.0 Å². The Bertz CT molecular complexity index is 370. The average Bonchev–Trinajstić information content (AvgIpc) is 2.02. The summed E-state index contributed by atoms with van der Waals surface area (Å²) in [6, 6.07) is 8.86. The molecule has 13 heavy (non-hydrogen) atoms. The Labute approximate surface area is 99.5 Å². The van der Waals surface area contributed by atoms with Gasteiger partial charge >= 0.3 is 29.6 Å². The molecule has 0 bridgehead atoms. The molecule has 3 nitrogen and oxygen atoms in total. The molecule has 0 fully saturated rings. The molecular weight excluding hydrogens is 199 g/mol. The Morgan fingerprint density at radius 3 is 2.15 bits per heavy atom. The number of hydrogen-bond donors (Lipinski definition) is 1. The zero-order chi connectivity index (χ0) is 9.03. The van der Waals surface area contributed by atoms with E-state index in [2.05, 4.69) is 0 Å². The third-order valence-corrected chi connectivity index (χ3v) is 1.71. The fourth-order valence-corrected chi connectivity index (χ4v) is 1.06. The SMILES string of the molecule is O=S(=O)(O)/C=C/c1ccccc1.[Na+]. The van der Waals surface area contributed by atoms with Gasteiger partial charge in [-0.3, -0.25) is 4.55 Å². The molecule has 1 rings (SSSR count). The summed E-state index contributed by atoms with van der Waals surface area (Å²) in [6.45, 7) is 0. The van der Waals surface area contributed by atoms with E-state index in [0.29, 0.717) is 0 Å². The van der Waals surface area contributed by atoms with Crippen molar-refractivity contribution in [2.24, 2.45) is 0 Å². The Kier molecular flexibility index (Phi) is 5.51. The molecule has 1 N–H and O–H groups in total. The number of hydrogen-bond acceptors (Lipinski definition) is 2. The van der Waals surface area contributed by atoms with Crippen LogP contribution < -0.4 is 29.6 Å². The van der Waals surface area contributed by atoms with E-state index < -0.39 is 10.1 Å². The summed E-state index contributed by atoms with van der Waals surface area (Å²) < 4.78 is 28.9. The Morgan fingerprint density at radius 2 is 1.69 bits per heavy atom. The van der Waals surface area contributed by atoms with Crippen LogP contribution in [0, 0.1) is 0 Å². The fraction of sp³-hybridized carbons (Fsp3) is 0. The van der Waals surface area contributed by atoms with Gasteiger partial charge in [0.1, 0.15) is 0 Å². The molecule has 0 aliphatic carbocycles. The molecule has 5 heteroatoms. The molecule has 0 aliphatic heterocycles. The van der Waals surface area contributed by atoms with Gasteiger partial charge in [-0.1, -0.05) is 30.3 Å². The summed E-state index contributed by atoms with van der Waals surface area (Å²) >= 11 is 0. The second kappa shape index (κ2) is 5.57. The van der Waals surface area contributed by atoms with Crippen molar-refractivity contribution in [1.82, 2.24) is 0 Å². The predicted molar refractivity (Wildman–Crippen MR) is 47.0 cm³/mol.